The number of aromatic nitrogens is 4. The molecule has 2 aromatic heterocycles. The van der Waals surface area contributed by atoms with E-state index >= 15 is 0 Å². The maximum Gasteiger partial charge on any atom is 0.356 e. The highest BCUT2D eigenvalue weighted by molar-refractivity contribution is 5.90. The standard InChI is InChI=1S/C12H15N5O2/c13-4-1-5-17-11-8(10(16-17)12(18)19)3-2-7-6-14-15-9(7)11/h6H,1-5,13H2,(H,14,15)(H,18,19). The summed E-state index contributed by atoms with van der Waals surface area (Å²) in [4.78, 5) is 11.3. The molecule has 0 spiro atoms. The molecule has 3 rings (SSSR count). The number of aryl methyl sites for hydroxylation is 2. The molecule has 0 unspecified atom stereocenters. The molecule has 0 saturated carbocycles. The molecule has 0 aliphatic heterocycles. The summed E-state index contributed by atoms with van der Waals surface area (Å²) in [5.41, 5.74) is 9.30. The van der Waals surface area contributed by atoms with Crippen LogP contribution >= 0.6 is 0 Å². The molecular formula is C12H15N5O2. The van der Waals surface area contributed by atoms with Crippen LogP contribution in [0.25, 0.3) is 11.4 Å². The first-order valence-electron chi connectivity index (χ1n) is 6.28. The summed E-state index contributed by atoms with van der Waals surface area (Å²) in [7, 11) is 0. The van der Waals surface area contributed by atoms with Gasteiger partial charge in [-0.05, 0) is 31.4 Å². The van der Waals surface area contributed by atoms with Crippen molar-refractivity contribution in [3.05, 3.63) is 23.0 Å². The van der Waals surface area contributed by atoms with Gasteiger partial charge in [0.05, 0.1) is 17.6 Å². The zero-order chi connectivity index (χ0) is 13.4. The Balaban J connectivity index is 2.15. The second-order valence-corrected chi connectivity index (χ2v) is 4.62. The van der Waals surface area contributed by atoms with Crippen molar-refractivity contribution in [1.29, 1.82) is 0 Å². The Morgan fingerprint density at radius 2 is 2.37 bits per heavy atom. The lowest BCUT2D eigenvalue weighted by Gasteiger charge is -2.14. The van der Waals surface area contributed by atoms with E-state index in [2.05, 4.69) is 15.3 Å². The Labute approximate surface area is 109 Å². The Morgan fingerprint density at radius 3 is 3.11 bits per heavy atom. The van der Waals surface area contributed by atoms with Gasteiger partial charge in [0.2, 0.25) is 0 Å². The number of aromatic amines is 1. The molecule has 1 aliphatic carbocycles. The molecule has 100 valence electrons. The predicted molar refractivity (Wildman–Crippen MR) is 67.8 cm³/mol. The van der Waals surface area contributed by atoms with Crippen molar-refractivity contribution in [2.24, 2.45) is 5.73 Å². The highest BCUT2D eigenvalue weighted by Gasteiger charge is 2.28. The number of H-pyrrole nitrogens is 1. The number of carbonyl (C=O) groups is 1. The van der Waals surface area contributed by atoms with Gasteiger partial charge in [0, 0.05) is 12.1 Å². The highest BCUT2D eigenvalue weighted by atomic mass is 16.4. The van der Waals surface area contributed by atoms with Crippen molar-refractivity contribution in [3.63, 3.8) is 0 Å². The molecule has 0 bridgehead atoms. The maximum atomic E-state index is 11.3. The average Bonchev–Trinajstić information content (AvgIpc) is 2.99. The average molecular weight is 261 g/mol. The fraction of sp³-hybridized carbons (Fsp3) is 0.417. The first kappa shape index (κ1) is 11.9. The minimum atomic E-state index is -0.981. The van der Waals surface area contributed by atoms with E-state index in [0.29, 0.717) is 19.5 Å². The van der Waals surface area contributed by atoms with E-state index in [1.54, 1.807) is 10.9 Å². The summed E-state index contributed by atoms with van der Waals surface area (Å²) < 4.78 is 1.74. The zero-order valence-electron chi connectivity index (χ0n) is 10.4. The number of hydrogen-bond acceptors (Lipinski definition) is 4. The number of nitrogens with zero attached hydrogens (tertiary/aromatic N) is 3. The first-order chi connectivity index (χ1) is 9.22. The summed E-state index contributed by atoms with van der Waals surface area (Å²) in [6, 6.07) is 0. The fourth-order valence-electron chi connectivity index (χ4n) is 2.56. The number of rotatable bonds is 4. The van der Waals surface area contributed by atoms with Gasteiger partial charge >= 0.3 is 5.97 Å². The van der Waals surface area contributed by atoms with Gasteiger partial charge in [-0.2, -0.15) is 10.2 Å². The number of carboxylic acids is 1. The molecule has 2 heterocycles. The molecule has 0 amide bonds. The second kappa shape index (κ2) is 4.51. The predicted octanol–water partition coefficient (Wildman–Crippen LogP) is 0.419. The molecule has 7 heteroatoms. The molecule has 1 aliphatic rings. The van der Waals surface area contributed by atoms with Gasteiger partial charge in [-0.25, -0.2) is 4.79 Å². The third-order valence-electron chi connectivity index (χ3n) is 3.43. The van der Waals surface area contributed by atoms with Crippen molar-refractivity contribution in [3.8, 4) is 11.4 Å². The number of aromatic carboxylic acids is 1. The van der Waals surface area contributed by atoms with Crippen LogP contribution in [0.1, 0.15) is 28.0 Å². The number of fused-ring (bicyclic) bond motifs is 3. The van der Waals surface area contributed by atoms with E-state index in [-0.39, 0.29) is 5.69 Å². The fourth-order valence-corrected chi connectivity index (χ4v) is 2.56. The SMILES string of the molecule is NCCCn1nc(C(=O)O)c2c1-c1[nH]ncc1CC2. The quantitative estimate of drug-likeness (QED) is 0.738. The van der Waals surface area contributed by atoms with Crippen molar-refractivity contribution in [2.45, 2.75) is 25.8 Å². The van der Waals surface area contributed by atoms with Crippen molar-refractivity contribution in [1.82, 2.24) is 20.0 Å². The number of nitrogens with two attached hydrogens (primary N) is 1. The van der Waals surface area contributed by atoms with Crippen LogP contribution in [0.3, 0.4) is 0 Å². The minimum Gasteiger partial charge on any atom is -0.476 e. The summed E-state index contributed by atoms with van der Waals surface area (Å²) in [5, 5.41) is 20.5. The molecule has 19 heavy (non-hydrogen) atoms. The van der Waals surface area contributed by atoms with Crippen LogP contribution in [0.5, 0.6) is 0 Å². The number of nitrogens with one attached hydrogen (secondary N) is 1. The van der Waals surface area contributed by atoms with Gasteiger partial charge < -0.3 is 10.8 Å². The van der Waals surface area contributed by atoms with E-state index in [9.17, 15) is 9.90 Å². The Bertz CT molecular complexity index is 628. The molecule has 0 radical (unpaired) electrons. The van der Waals surface area contributed by atoms with Crippen LogP contribution < -0.4 is 5.73 Å². The molecule has 2 aromatic rings. The molecule has 0 fully saturated rings. The van der Waals surface area contributed by atoms with Crippen LogP contribution in [-0.4, -0.2) is 37.6 Å². The monoisotopic (exact) mass is 261 g/mol. The van der Waals surface area contributed by atoms with Crippen LogP contribution in [0.15, 0.2) is 6.20 Å². The molecule has 4 N–H and O–H groups in total. The molecular weight excluding hydrogens is 246 g/mol. The molecule has 0 saturated heterocycles. The number of carboxylic acid groups (broad SMARTS) is 1. The van der Waals surface area contributed by atoms with Gasteiger partial charge in [-0.15, -0.1) is 0 Å². The molecule has 0 aromatic carbocycles. The summed E-state index contributed by atoms with van der Waals surface area (Å²) >= 11 is 0. The van der Waals surface area contributed by atoms with Crippen LogP contribution in [0.4, 0.5) is 0 Å². The minimum absolute atomic E-state index is 0.146. The van der Waals surface area contributed by atoms with Crippen LogP contribution in [0.2, 0.25) is 0 Å². The van der Waals surface area contributed by atoms with Gasteiger partial charge in [-0.1, -0.05) is 0 Å². The van der Waals surface area contributed by atoms with Gasteiger partial charge in [-0.3, -0.25) is 9.78 Å². The van der Waals surface area contributed by atoms with E-state index < -0.39 is 5.97 Å². The topological polar surface area (TPSA) is 110 Å². The van der Waals surface area contributed by atoms with Gasteiger partial charge in [0.15, 0.2) is 5.69 Å². The number of hydrogen-bond donors (Lipinski definition) is 3. The van der Waals surface area contributed by atoms with E-state index in [1.807, 2.05) is 0 Å². The maximum absolute atomic E-state index is 11.3. The van der Waals surface area contributed by atoms with Crippen LogP contribution in [-0.2, 0) is 19.4 Å². The van der Waals surface area contributed by atoms with E-state index in [0.717, 1.165) is 35.4 Å². The molecule has 7 nitrogen and oxygen atoms in total. The third-order valence-corrected chi connectivity index (χ3v) is 3.43. The lowest BCUT2D eigenvalue weighted by atomic mass is 9.94. The summed E-state index contributed by atoms with van der Waals surface area (Å²) in [6.45, 7) is 1.16. The zero-order valence-corrected chi connectivity index (χ0v) is 10.4. The lowest BCUT2D eigenvalue weighted by molar-refractivity contribution is 0.0688. The molecule has 0 atom stereocenters. The third kappa shape index (κ3) is 1.82. The Morgan fingerprint density at radius 1 is 1.53 bits per heavy atom. The normalized spacial score (nSPS) is 13.1. The van der Waals surface area contributed by atoms with Crippen molar-refractivity contribution < 1.29 is 9.90 Å². The largest absolute Gasteiger partial charge is 0.476 e. The Hall–Kier alpha value is -2.15. The van der Waals surface area contributed by atoms with E-state index in [1.165, 1.54) is 0 Å². The lowest BCUT2D eigenvalue weighted by Crippen LogP contribution is -2.10. The van der Waals surface area contributed by atoms with Gasteiger partial charge in [0.1, 0.15) is 0 Å². The van der Waals surface area contributed by atoms with Crippen molar-refractivity contribution in [2.75, 3.05) is 6.54 Å². The highest BCUT2D eigenvalue weighted by Crippen LogP contribution is 2.33. The van der Waals surface area contributed by atoms with Gasteiger partial charge in [0.25, 0.3) is 0 Å². The Kier molecular flexibility index (Phi) is 2.83. The smallest absolute Gasteiger partial charge is 0.356 e. The van der Waals surface area contributed by atoms with E-state index in [4.69, 9.17) is 5.73 Å². The van der Waals surface area contributed by atoms with Crippen LogP contribution in [0, 0.1) is 0 Å². The summed E-state index contributed by atoms with van der Waals surface area (Å²) in [5.74, 6) is -0.981. The van der Waals surface area contributed by atoms with Crippen molar-refractivity contribution >= 4 is 5.97 Å². The second-order valence-electron chi connectivity index (χ2n) is 4.62. The first-order valence-corrected chi connectivity index (χ1v) is 6.28. The summed E-state index contributed by atoms with van der Waals surface area (Å²) in [6.07, 6.45) is 4.03.